The smallest absolute Gasteiger partial charge is 0.241 e. The predicted molar refractivity (Wildman–Crippen MR) is 85.1 cm³/mol. The van der Waals surface area contributed by atoms with Crippen molar-refractivity contribution >= 4 is 21.4 Å². The van der Waals surface area contributed by atoms with Crippen molar-refractivity contribution < 1.29 is 13.2 Å². The Kier molecular flexibility index (Phi) is 6.63. The normalized spacial score (nSPS) is 17.2. The Labute approximate surface area is 131 Å². The average molecular weight is 332 g/mol. The van der Waals surface area contributed by atoms with Gasteiger partial charge in [-0.1, -0.05) is 19.3 Å². The third-order valence-corrected chi connectivity index (χ3v) is 6.12. The highest BCUT2D eigenvalue weighted by Gasteiger charge is 2.17. The number of hydrogen-bond donors (Lipinski definition) is 2. The maximum atomic E-state index is 12.1. The van der Waals surface area contributed by atoms with Gasteiger partial charge in [0.1, 0.15) is 0 Å². The molecule has 1 aliphatic rings. The van der Waals surface area contributed by atoms with Crippen LogP contribution in [0.2, 0.25) is 0 Å². The standard InChI is InChI=1S/C14H24N2O3S2/c1-15-10-13-9-14(11-20-13)21(17,18)16-7-8-19-12-5-3-2-4-6-12/h9,11-12,15-16H,2-8,10H2,1H3. The fraction of sp³-hybridized carbons (Fsp3) is 0.714. The molecule has 0 aromatic carbocycles. The second kappa shape index (κ2) is 8.24. The summed E-state index contributed by atoms with van der Waals surface area (Å²) in [6, 6.07) is 1.71. The second-order valence-electron chi connectivity index (χ2n) is 5.31. The zero-order chi connectivity index (χ0) is 15.1. The Hall–Kier alpha value is -0.470. The summed E-state index contributed by atoms with van der Waals surface area (Å²) >= 11 is 1.45. The number of ether oxygens (including phenoxy) is 1. The molecule has 0 bridgehead atoms. The van der Waals surface area contributed by atoms with Gasteiger partial charge >= 0.3 is 0 Å². The molecular weight excluding hydrogens is 308 g/mol. The first kappa shape index (κ1) is 16.9. The van der Waals surface area contributed by atoms with Crippen molar-refractivity contribution in [2.45, 2.75) is 49.6 Å². The first-order valence-corrected chi connectivity index (χ1v) is 9.81. The fourth-order valence-corrected chi connectivity index (χ4v) is 4.79. The predicted octanol–water partition coefficient (Wildman–Crippen LogP) is 2.10. The summed E-state index contributed by atoms with van der Waals surface area (Å²) < 4.78 is 32.6. The Bertz CT molecular complexity index is 522. The topological polar surface area (TPSA) is 67.4 Å². The van der Waals surface area contributed by atoms with Crippen LogP contribution < -0.4 is 10.0 Å². The second-order valence-corrected chi connectivity index (χ2v) is 8.07. The largest absolute Gasteiger partial charge is 0.377 e. The van der Waals surface area contributed by atoms with E-state index in [2.05, 4.69) is 10.0 Å². The van der Waals surface area contributed by atoms with E-state index >= 15 is 0 Å². The van der Waals surface area contributed by atoms with Gasteiger partial charge in [0.25, 0.3) is 0 Å². The molecule has 0 spiro atoms. The Morgan fingerprint density at radius 1 is 1.33 bits per heavy atom. The van der Waals surface area contributed by atoms with E-state index in [9.17, 15) is 8.42 Å². The molecule has 2 N–H and O–H groups in total. The van der Waals surface area contributed by atoms with Gasteiger partial charge in [0.05, 0.1) is 17.6 Å². The summed E-state index contributed by atoms with van der Waals surface area (Å²) in [7, 11) is -1.57. The van der Waals surface area contributed by atoms with Gasteiger partial charge in [0, 0.05) is 23.3 Å². The van der Waals surface area contributed by atoms with Crippen molar-refractivity contribution in [3.63, 3.8) is 0 Å². The van der Waals surface area contributed by atoms with E-state index in [1.54, 1.807) is 11.4 Å². The van der Waals surface area contributed by atoms with Crippen molar-refractivity contribution in [3.8, 4) is 0 Å². The number of rotatable bonds is 8. The highest BCUT2D eigenvalue weighted by atomic mass is 32.2. The van der Waals surface area contributed by atoms with E-state index in [1.807, 2.05) is 7.05 Å². The van der Waals surface area contributed by atoms with Gasteiger partial charge < -0.3 is 10.1 Å². The van der Waals surface area contributed by atoms with Gasteiger partial charge in [-0.3, -0.25) is 0 Å². The molecule has 0 unspecified atom stereocenters. The van der Waals surface area contributed by atoms with E-state index in [0.29, 0.717) is 30.7 Å². The van der Waals surface area contributed by atoms with Crippen molar-refractivity contribution in [1.29, 1.82) is 0 Å². The Morgan fingerprint density at radius 3 is 2.81 bits per heavy atom. The molecule has 0 atom stereocenters. The van der Waals surface area contributed by atoms with Crippen LogP contribution in [0.4, 0.5) is 0 Å². The van der Waals surface area contributed by atoms with Gasteiger partial charge in [0.2, 0.25) is 10.0 Å². The van der Waals surface area contributed by atoms with Gasteiger partial charge in [0.15, 0.2) is 0 Å². The van der Waals surface area contributed by atoms with Crippen LogP contribution in [-0.2, 0) is 21.3 Å². The van der Waals surface area contributed by atoms with E-state index in [-0.39, 0.29) is 0 Å². The minimum atomic E-state index is -3.41. The average Bonchev–Trinajstić information content (AvgIpc) is 2.95. The number of thiophene rings is 1. The van der Waals surface area contributed by atoms with Gasteiger partial charge in [-0.2, -0.15) is 0 Å². The van der Waals surface area contributed by atoms with E-state index in [4.69, 9.17) is 4.74 Å². The quantitative estimate of drug-likeness (QED) is 0.716. The van der Waals surface area contributed by atoms with E-state index in [0.717, 1.165) is 17.7 Å². The van der Waals surface area contributed by atoms with E-state index < -0.39 is 10.0 Å². The molecule has 1 fully saturated rings. The van der Waals surface area contributed by atoms with Crippen LogP contribution in [-0.4, -0.2) is 34.7 Å². The van der Waals surface area contributed by atoms with Crippen LogP contribution in [0.3, 0.4) is 0 Å². The molecule has 1 aromatic heterocycles. The molecule has 5 nitrogen and oxygen atoms in total. The van der Waals surface area contributed by atoms with Crippen molar-refractivity contribution in [2.24, 2.45) is 0 Å². The molecule has 21 heavy (non-hydrogen) atoms. The van der Waals surface area contributed by atoms with Gasteiger partial charge in [-0.05, 0) is 26.0 Å². The zero-order valence-electron chi connectivity index (χ0n) is 12.4. The highest BCUT2D eigenvalue weighted by molar-refractivity contribution is 7.89. The van der Waals surface area contributed by atoms with Crippen molar-refractivity contribution in [2.75, 3.05) is 20.2 Å². The van der Waals surface area contributed by atoms with Crippen LogP contribution in [0, 0.1) is 0 Å². The van der Waals surface area contributed by atoms with Crippen LogP contribution in [0.15, 0.2) is 16.3 Å². The molecule has 2 rings (SSSR count). The lowest BCUT2D eigenvalue weighted by atomic mass is 9.98. The van der Waals surface area contributed by atoms with Crippen LogP contribution in [0.1, 0.15) is 37.0 Å². The summed E-state index contributed by atoms with van der Waals surface area (Å²) in [4.78, 5) is 1.35. The summed E-state index contributed by atoms with van der Waals surface area (Å²) in [6.45, 7) is 1.46. The molecule has 1 saturated carbocycles. The van der Waals surface area contributed by atoms with Gasteiger partial charge in [-0.25, -0.2) is 13.1 Å². The summed E-state index contributed by atoms with van der Waals surface area (Å²) in [6.07, 6.45) is 6.25. The van der Waals surface area contributed by atoms with Crippen molar-refractivity contribution in [3.05, 3.63) is 16.3 Å². The molecule has 120 valence electrons. The maximum Gasteiger partial charge on any atom is 0.241 e. The SMILES string of the molecule is CNCc1cc(S(=O)(=O)NCCOC2CCCCC2)cs1. The van der Waals surface area contributed by atoms with Gasteiger partial charge in [-0.15, -0.1) is 11.3 Å². The highest BCUT2D eigenvalue weighted by Crippen LogP contribution is 2.20. The first-order valence-electron chi connectivity index (χ1n) is 7.45. The fourth-order valence-electron chi connectivity index (χ4n) is 2.49. The molecular formula is C14H24N2O3S2. The van der Waals surface area contributed by atoms with E-state index in [1.165, 1.54) is 30.6 Å². The zero-order valence-corrected chi connectivity index (χ0v) is 14.1. The molecule has 7 heteroatoms. The third kappa shape index (κ3) is 5.34. The van der Waals surface area contributed by atoms with Crippen molar-refractivity contribution in [1.82, 2.24) is 10.0 Å². The van der Waals surface area contributed by atoms with Crippen LogP contribution in [0.5, 0.6) is 0 Å². The Morgan fingerprint density at radius 2 is 2.10 bits per heavy atom. The molecule has 0 radical (unpaired) electrons. The lowest BCUT2D eigenvalue weighted by Crippen LogP contribution is -2.29. The molecule has 1 aromatic rings. The van der Waals surface area contributed by atoms with Crippen LogP contribution in [0.25, 0.3) is 0 Å². The number of hydrogen-bond acceptors (Lipinski definition) is 5. The lowest BCUT2D eigenvalue weighted by molar-refractivity contribution is 0.0321. The van der Waals surface area contributed by atoms with Crippen LogP contribution >= 0.6 is 11.3 Å². The summed E-state index contributed by atoms with van der Waals surface area (Å²) in [5, 5.41) is 4.69. The summed E-state index contributed by atoms with van der Waals surface area (Å²) in [5.74, 6) is 0. The third-order valence-electron chi connectivity index (χ3n) is 3.59. The molecule has 0 amide bonds. The minimum Gasteiger partial charge on any atom is -0.377 e. The molecule has 1 heterocycles. The molecule has 0 saturated heterocycles. The molecule has 0 aliphatic heterocycles. The first-order chi connectivity index (χ1) is 10.1. The number of sulfonamides is 1. The number of nitrogens with one attached hydrogen (secondary N) is 2. The summed E-state index contributed by atoms with van der Waals surface area (Å²) in [5.41, 5.74) is 0. The monoisotopic (exact) mass is 332 g/mol. The molecule has 1 aliphatic carbocycles. The maximum absolute atomic E-state index is 12.1. The Balaban J connectivity index is 1.75. The lowest BCUT2D eigenvalue weighted by Gasteiger charge is -2.21. The minimum absolute atomic E-state index is 0.312.